The van der Waals surface area contributed by atoms with Gasteiger partial charge >= 0.3 is 0 Å². The predicted molar refractivity (Wildman–Crippen MR) is 83.5 cm³/mol. The lowest BCUT2D eigenvalue weighted by atomic mass is 10.2. The van der Waals surface area contributed by atoms with Crippen molar-refractivity contribution in [3.8, 4) is 11.6 Å². The summed E-state index contributed by atoms with van der Waals surface area (Å²) in [5, 5.41) is 3.41. The van der Waals surface area contributed by atoms with Gasteiger partial charge in [-0.25, -0.2) is 4.98 Å². The molecule has 0 atom stereocenters. The summed E-state index contributed by atoms with van der Waals surface area (Å²) < 4.78 is 11.2. The quantitative estimate of drug-likeness (QED) is 0.849. The van der Waals surface area contributed by atoms with E-state index in [1.165, 1.54) is 0 Å². The highest BCUT2D eigenvalue weighted by molar-refractivity contribution is 5.34. The molecule has 112 valence electrons. The Morgan fingerprint density at radius 1 is 1.10 bits per heavy atom. The summed E-state index contributed by atoms with van der Waals surface area (Å²) in [5.41, 5.74) is 2.08. The largest absolute Gasteiger partial charge is 0.488 e. The molecule has 1 aromatic carbocycles. The Balaban J connectivity index is 2.06. The molecule has 2 aromatic rings. The number of nitrogens with one attached hydrogen (secondary N) is 1. The van der Waals surface area contributed by atoms with Crippen molar-refractivity contribution in [2.24, 2.45) is 0 Å². The van der Waals surface area contributed by atoms with Crippen molar-refractivity contribution in [1.82, 2.24) is 10.3 Å². The van der Waals surface area contributed by atoms with Crippen molar-refractivity contribution >= 4 is 0 Å². The van der Waals surface area contributed by atoms with Crippen LogP contribution < -0.4 is 14.8 Å². The SMILES string of the molecule is COc1ncccc1COc1ccccc1CNC(C)C. The highest BCUT2D eigenvalue weighted by Crippen LogP contribution is 2.21. The molecule has 0 aliphatic rings. The van der Waals surface area contributed by atoms with Gasteiger partial charge in [-0.2, -0.15) is 0 Å². The smallest absolute Gasteiger partial charge is 0.219 e. The molecule has 0 fully saturated rings. The monoisotopic (exact) mass is 286 g/mol. The molecule has 2 rings (SSSR count). The number of hydrogen-bond donors (Lipinski definition) is 1. The Kier molecular flexibility index (Phi) is 5.58. The second-order valence-corrected chi connectivity index (χ2v) is 5.10. The van der Waals surface area contributed by atoms with E-state index < -0.39 is 0 Å². The first kappa shape index (κ1) is 15.3. The fourth-order valence-corrected chi connectivity index (χ4v) is 1.98. The number of ether oxygens (including phenoxy) is 2. The second kappa shape index (κ2) is 7.64. The van der Waals surface area contributed by atoms with E-state index in [9.17, 15) is 0 Å². The molecule has 1 N–H and O–H groups in total. The molecule has 0 aliphatic heterocycles. The molecule has 0 saturated heterocycles. The van der Waals surface area contributed by atoms with Crippen molar-refractivity contribution in [2.45, 2.75) is 33.0 Å². The number of benzene rings is 1. The molecule has 0 saturated carbocycles. The molecular formula is C17H22N2O2. The van der Waals surface area contributed by atoms with Gasteiger partial charge in [0.1, 0.15) is 12.4 Å². The average Bonchev–Trinajstić information content (AvgIpc) is 2.51. The van der Waals surface area contributed by atoms with E-state index in [1.807, 2.05) is 30.3 Å². The fraction of sp³-hybridized carbons (Fsp3) is 0.353. The second-order valence-electron chi connectivity index (χ2n) is 5.10. The van der Waals surface area contributed by atoms with Crippen LogP contribution in [0.5, 0.6) is 11.6 Å². The molecule has 4 nitrogen and oxygen atoms in total. The molecule has 0 amide bonds. The van der Waals surface area contributed by atoms with Crippen LogP contribution in [0.15, 0.2) is 42.6 Å². The number of nitrogens with zero attached hydrogens (tertiary/aromatic N) is 1. The molecule has 0 unspecified atom stereocenters. The molecule has 0 spiro atoms. The van der Waals surface area contributed by atoms with Gasteiger partial charge in [0.15, 0.2) is 0 Å². The third-order valence-electron chi connectivity index (χ3n) is 3.10. The molecule has 21 heavy (non-hydrogen) atoms. The lowest BCUT2D eigenvalue weighted by Crippen LogP contribution is -2.22. The van der Waals surface area contributed by atoms with Gasteiger partial charge in [0.2, 0.25) is 5.88 Å². The average molecular weight is 286 g/mol. The number of hydrogen-bond acceptors (Lipinski definition) is 4. The van der Waals surface area contributed by atoms with Gasteiger partial charge in [-0.3, -0.25) is 0 Å². The first-order valence-corrected chi connectivity index (χ1v) is 7.12. The molecule has 1 heterocycles. The van der Waals surface area contributed by atoms with Gasteiger partial charge in [0.05, 0.1) is 12.7 Å². The van der Waals surface area contributed by atoms with E-state index in [0.717, 1.165) is 23.4 Å². The summed E-state index contributed by atoms with van der Waals surface area (Å²) in [5.74, 6) is 1.49. The van der Waals surface area contributed by atoms with Crippen molar-refractivity contribution in [3.05, 3.63) is 53.7 Å². The first-order chi connectivity index (χ1) is 10.2. The Labute approximate surface area is 126 Å². The standard InChI is InChI=1S/C17H22N2O2/c1-13(2)19-11-14-7-4-5-9-16(14)21-12-15-8-6-10-18-17(15)20-3/h4-10,13,19H,11-12H2,1-3H3. The van der Waals surface area contributed by atoms with Crippen LogP contribution in [0.3, 0.4) is 0 Å². The van der Waals surface area contributed by atoms with Gasteiger partial charge in [-0.05, 0) is 18.2 Å². The van der Waals surface area contributed by atoms with Gasteiger partial charge in [0, 0.05) is 24.3 Å². The van der Waals surface area contributed by atoms with Gasteiger partial charge in [-0.1, -0.05) is 32.0 Å². The Morgan fingerprint density at radius 3 is 2.62 bits per heavy atom. The van der Waals surface area contributed by atoms with E-state index >= 15 is 0 Å². The van der Waals surface area contributed by atoms with Crippen LogP contribution >= 0.6 is 0 Å². The van der Waals surface area contributed by atoms with Crippen LogP contribution in [0.1, 0.15) is 25.0 Å². The van der Waals surface area contributed by atoms with Gasteiger partial charge in [-0.15, -0.1) is 0 Å². The minimum absolute atomic E-state index is 0.440. The number of methoxy groups -OCH3 is 1. The van der Waals surface area contributed by atoms with Crippen LogP contribution in [0, 0.1) is 0 Å². The van der Waals surface area contributed by atoms with E-state index in [4.69, 9.17) is 9.47 Å². The first-order valence-electron chi connectivity index (χ1n) is 7.12. The number of para-hydroxylation sites is 1. The van der Waals surface area contributed by atoms with Crippen molar-refractivity contribution in [3.63, 3.8) is 0 Å². The summed E-state index contributed by atoms with van der Waals surface area (Å²) in [7, 11) is 1.62. The zero-order valence-electron chi connectivity index (χ0n) is 12.8. The number of aromatic nitrogens is 1. The summed E-state index contributed by atoms with van der Waals surface area (Å²) >= 11 is 0. The third kappa shape index (κ3) is 4.46. The fourth-order valence-electron chi connectivity index (χ4n) is 1.98. The van der Waals surface area contributed by atoms with Gasteiger partial charge < -0.3 is 14.8 Å². The summed E-state index contributed by atoms with van der Waals surface area (Å²) in [4.78, 5) is 4.18. The van der Waals surface area contributed by atoms with Crippen LogP contribution in [-0.4, -0.2) is 18.1 Å². The van der Waals surface area contributed by atoms with E-state index in [1.54, 1.807) is 13.3 Å². The summed E-state index contributed by atoms with van der Waals surface area (Å²) in [6, 6.07) is 12.3. The Hall–Kier alpha value is -2.07. The number of rotatable bonds is 7. The topological polar surface area (TPSA) is 43.4 Å². The lowest BCUT2D eigenvalue weighted by Gasteiger charge is -2.14. The lowest BCUT2D eigenvalue weighted by molar-refractivity contribution is 0.290. The zero-order valence-corrected chi connectivity index (χ0v) is 12.8. The Bertz CT molecular complexity index is 570. The zero-order chi connectivity index (χ0) is 15.1. The van der Waals surface area contributed by atoms with E-state index in [-0.39, 0.29) is 0 Å². The minimum atomic E-state index is 0.440. The van der Waals surface area contributed by atoms with Crippen LogP contribution in [0.2, 0.25) is 0 Å². The summed E-state index contributed by atoms with van der Waals surface area (Å²) in [6.07, 6.45) is 1.71. The molecular weight excluding hydrogens is 264 g/mol. The normalized spacial score (nSPS) is 10.7. The highest BCUT2D eigenvalue weighted by Gasteiger charge is 2.07. The molecule has 0 aliphatic carbocycles. The minimum Gasteiger partial charge on any atom is -0.488 e. The predicted octanol–water partition coefficient (Wildman–Crippen LogP) is 3.17. The maximum absolute atomic E-state index is 5.94. The van der Waals surface area contributed by atoms with Crippen molar-refractivity contribution in [1.29, 1.82) is 0 Å². The van der Waals surface area contributed by atoms with E-state index in [2.05, 4.69) is 30.2 Å². The van der Waals surface area contributed by atoms with Crippen LogP contribution in [0.4, 0.5) is 0 Å². The van der Waals surface area contributed by atoms with Crippen LogP contribution in [-0.2, 0) is 13.2 Å². The van der Waals surface area contributed by atoms with Crippen LogP contribution in [0.25, 0.3) is 0 Å². The maximum atomic E-state index is 5.94. The highest BCUT2D eigenvalue weighted by atomic mass is 16.5. The molecule has 4 heteroatoms. The Morgan fingerprint density at radius 2 is 1.86 bits per heavy atom. The third-order valence-corrected chi connectivity index (χ3v) is 3.10. The van der Waals surface area contributed by atoms with Crippen molar-refractivity contribution in [2.75, 3.05) is 7.11 Å². The van der Waals surface area contributed by atoms with E-state index in [0.29, 0.717) is 18.5 Å². The number of pyridine rings is 1. The van der Waals surface area contributed by atoms with Gasteiger partial charge in [0.25, 0.3) is 0 Å². The molecule has 0 bridgehead atoms. The maximum Gasteiger partial charge on any atom is 0.219 e. The molecule has 0 radical (unpaired) electrons. The summed E-state index contributed by atoms with van der Waals surface area (Å²) in [6.45, 7) is 5.49. The molecule has 1 aromatic heterocycles. The van der Waals surface area contributed by atoms with Crippen molar-refractivity contribution < 1.29 is 9.47 Å².